The van der Waals surface area contributed by atoms with E-state index in [1.165, 1.54) is 17.0 Å². The zero-order valence-electron chi connectivity index (χ0n) is 14.9. The van der Waals surface area contributed by atoms with Crippen LogP contribution in [0.5, 0.6) is 5.75 Å². The molecule has 2 aromatic rings. The second-order valence-electron chi connectivity index (χ2n) is 6.14. The van der Waals surface area contributed by atoms with Gasteiger partial charge in [-0.2, -0.15) is 0 Å². The number of aryl methyl sites for hydroxylation is 2. The maximum atomic E-state index is 12.4. The van der Waals surface area contributed by atoms with Gasteiger partial charge in [0.1, 0.15) is 5.75 Å². The Bertz CT molecular complexity index is 768. The summed E-state index contributed by atoms with van der Waals surface area (Å²) in [5, 5.41) is 10.9. The summed E-state index contributed by atoms with van der Waals surface area (Å²) in [6, 6.07) is 11.8. The number of amides is 1. The summed E-state index contributed by atoms with van der Waals surface area (Å²) in [6.07, 6.45) is 0. The molecule has 2 aromatic carbocycles. The summed E-state index contributed by atoms with van der Waals surface area (Å²) in [7, 11) is 1.66. The third kappa shape index (κ3) is 4.79. The molecule has 25 heavy (non-hydrogen) atoms. The van der Waals surface area contributed by atoms with E-state index in [2.05, 4.69) is 0 Å². The number of non-ortho nitro benzene ring substituents is 1. The van der Waals surface area contributed by atoms with Gasteiger partial charge in [0.2, 0.25) is 0 Å². The molecular formula is C19H22N2O4. The number of likely N-dealkylation sites (N-methyl/N-ethyl adjacent to an activating group) is 1. The Morgan fingerprint density at radius 3 is 2.44 bits per heavy atom. The molecule has 6 nitrogen and oxygen atoms in total. The Morgan fingerprint density at radius 1 is 1.20 bits per heavy atom. The summed E-state index contributed by atoms with van der Waals surface area (Å²) < 4.78 is 5.60. The van der Waals surface area contributed by atoms with E-state index in [0.29, 0.717) is 11.3 Å². The SMILES string of the molecule is Cc1cc(C)cc(OCC(=O)N(C)[C@@H](C)c2cccc([N+](=O)[O-])c2)c1. The highest BCUT2D eigenvalue weighted by Crippen LogP contribution is 2.23. The Kier molecular flexibility index (Phi) is 5.75. The van der Waals surface area contributed by atoms with Crippen molar-refractivity contribution in [3.8, 4) is 5.75 Å². The van der Waals surface area contributed by atoms with Crippen LogP contribution >= 0.6 is 0 Å². The lowest BCUT2D eigenvalue weighted by atomic mass is 10.1. The van der Waals surface area contributed by atoms with Crippen molar-refractivity contribution in [1.29, 1.82) is 0 Å². The first-order valence-electron chi connectivity index (χ1n) is 7.99. The highest BCUT2D eigenvalue weighted by atomic mass is 16.6. The number of nitro groups is 1. The van der Waals surface area contributed by atoms with E-state index in [-0.39, 0.29) is 24.2 Å². The smallest absolute Gasteiger partial charge is 0.269 e. The van der Waals surface area contributed by atoms with Crippen LogP contribution in [0.4, 0.5) is 5.69 Å². The van der Waals surface area contributed by atoms with Crippen molar-refractivity contribution in [1.82, 2.24) is 4.90 Å². The largest absolute Gasteiger partial charge is 0.484 e. The molecule has 0 saturated carbocycles. The van der Waals surface area contributed by atoms with Gasteiger partial charge >= 0.3 is 0 Å². The molecule has 6 heteroatoms. The number of hydrogen-bond donors (Lipinski definition) is 0. The maximum absolute atomic E-state index is 12.4. The molecule has 0 bridgehead atoms. The number of nitrogens with zero attached hydrogens (tertiary/aromatic N) is 2. The van der Waals surface area contributed by atoms with Crippen LogP contribution in [0, 0.1) is 24.0 Å². The number of carbonyl (C=O) groups is 1. The standard InChI is InChI=1S/C19H22N2O4/c1-13-8-14(2)10-18(9-13)25-12-19(22)20(4)15(3)16-6-5-7-17(11-16)21(23)24/h5-11,15H,12H2,1-4H3/t15-/m0/s1. The minimum Gasteiger partial charge on any atom is -0.484 e. The van der Waals surface area contributed by atoms with Gasteiger partial charge in [0, 0.05) is 19.2 Å². The van der Waals surface area contributed by atoms with Crippen molar-refractivity contribution in [3.63, 3.8) is 0 Å². The third-order valence-electron chi connectivity index (χ3n) is 4.10. The number of carbonyl (C=O) groups excluding carboxylic acids is 1. The second kappa shape index (κ2) is 7.79. The molecule has 1 atom stereocenters. The minimum atomic E-state index is -0.443. The van der Waals surface area contributed by atoms with Crippen LogP contribution in [-0.4, -0.2) is 29.4 Å². The van der Waals surface area contributed by atoms with Gasteiger partial charge in [-0.15, -0.1) is 0 Å². The quantitative estimate of drug-likeness (QED) is 0.591. The van der Waals surface area contributed by atoms with E-state index in [1.54, 1.807) is 19.2 Å². The highest BCUT2D eigenvalue weighted by Gasteiger charge is 2.19. The van der Waals surface area contributed by atoms with Crippen LogP contribution in [0.1, 0.15) is 29.7 Å². The molecule has 132 valence electrons. The van der Waals surface area contributed by atoms with E-state index in [0.717, 1.165) is 11.1 Å². The van der Waals surface area contributed by atoms with E-state index in [9.17, 15) is 14.9 Å². The minimum absolute atomic E-state index is 0.0108. The lowest BCUT2D eigenvalue weighted by Crippen LogP contribution is -2.33. The molecule has 0 aromatic heterocycles. The molecular weight excluding hydrogens is 320 g/mol. The van der Waals surface area contributed by atoms with Gasteiger partial charge in [0.05, 0.1) is 11.0 Å². The van der Waals surface area contributed by atoms with Crippen molar-refractivity contribution in [2.24, 2.45) is 0 Å². The summed E-state index contributed by atoms with van der Waals surface area (Å²) in [4.78, 5) is 24.4. The Labute approximate surface area is 147 Å². The van der Waals surface area contributed by atoms with Gasteiger partial charge in [0.25, 0.3) is 11.6 Å². The molecule has 2 rings (SSSR count). The molecule has 0 N–H and O–H groups in total. The molecule has 0 saturated heterocycles. The topological polar surface area (TPSA) is 72.7 Å². The Hall–Kier alpha value is -2.89. The molecule has 0 aliphatic rings. The van der Waals surface area contributed by atoms with Crippen LogP contribution in [0.25, 0.3) is 0 Å². The van der Waals surface area contributed by atoms with Crippen molar-refractivity contribution in [2.45, 2.75) is 26.8 Å². The summed E-state index contributed by atoms with van der Waals surface area (Å²) >= 11 is 0. The van der Waals surface area contributed by atoms with E-state index < -0.39 is 4.92 Å². The first-order valence-corrected chi connectivity index (χ1v) is 7.99. The fourth-order valence-electron chi connectivity index (χ4n) is 2.60. The predicted molar refractivity (Wildman–Crippen MR) is 95.7 cm³/mol. The van der Waals surface area contributed by atoms with Crippen LogP contribution in [-0.2, 0) is 4.79 Å². The molecule has 0 aliphatic heterocycles. The van der Waals surface area contributed by atoms with Crippen LogP contribution in [0.2, 0.25) is 0 Å². The van der Waals surface area contributed by atoms with Crippen molar-refractivity contribution < 1.29 is 14.5 Å². The third-order valence-corrected chi connectivity index (χ3v) is 4.10. The predicted octanol–water partition coefficient (Wildman–Crippen LogP) is 3.81. The van der Waals surface area contributed by atoms with Gasteiger partial charge in [0.15, 0.2) is 6.61 Å². The first kappa shape index (κ1) is 18.4. The molecule has 0 aliphatic carbocycles. The van der Waals surface area contributed by atoms with E-state index in [4.69, 9.17) is 4.74 Å². The molecule has 0 heterocycles. The molecule has 0 spiro atoms. The average molecular weight is 342 g/mol. The number of nitro benzene ring substituents is 1. The monoisotopic (exact) mass is 342 g/mol. The summed E-state index contributed by atoms with van der Waals surface area (Å²) in [5.74, 6) is 0.459. The molecule has 1 amide bonds. The Morgan fingerprint density at radius 2 is 1.84 bits per heavy atom. The lowest BCUT2D eigenvalue weighted by Gasteiger charge is -2.25. The van der Waals surface area contributed by atoms with Gasteiger partial charge < -0.3 is 9.64 Å². The number of hydrogen-bond acceptors (Lipinski definition) is 4. The fraction of sp³-hybridized carbons (Fsp3) is 0.316. The zero-order valence-corrected chi connectivity index (χ0v) is 14.9. The van der Waals surface area contributed by atoms with Crippen LogP contribution in [0.3, 0.4) is 0 Å². The van der Waals surface area contributed by atoms with Crippen LogP contribution in [0.15, 0.2) is 42.5 Å². The van der Waals surface area contributed by atoms with Crippen molar-refractivity contribution in [3.05, 3.63) is 69.3 Å². The zero-order chi connectivity index (χ0) is 18.6. The number of rotatable bonds is 6. The van der Waals surface area contributed by atoms with Crippen molar-refractivity contribution in [2.75, 3.05) is 13.7 Å². The van der Waals surface area contributed by atoms with Gasteiger partial charge in [-0.1, -0.05) is 18.2 Å². The second-order valence-corrected chi connectivity index (χ2v) is 6.14. The average Bonchev–Trinajstić information content (AvgIpc) is 2.57. The summed E-state index contributed by atoms with van der Waals surface area (Å²) in [5.41, 5.74) is 2.86. The summed E-state index contributed by atoms with van der Waals surface area (Å²) in [6.45, 7) is 5.68. The number of benzene rings is 2. The van der Waals surface area contributed by atoms with Gasteiger partial charge in [-0.25, -0.2) is 0 Å². The van der Waals surface area contributed by atoms with E-state index in [1.807, 2.05) is 39.0 Å². The van der Waals surface area contributed by atoms with E-state index >= 15 is 0 Å². The highest BCUT2D eigenvalue weighted by molar-refractivity contribution is 5.78. The van der Waals surface area contributed by atoms with Crippen molar-refractivity contribution >= 4 is 11.6 Å². The van der Waals surface area contributed by atoms with Crippen LogP contribution < -0.4 is 4.74 Å². The van der Waals surface area contributed by atoms with Gasteiger partial charge in [-0.3, -0.25) is 14.9 Å². The maximum Gasteiger partial charge on any atom is 0.269 e. The lowest BCUT2D eigenvalue weighted by molar-refractivity contribution is -0.384. The fourth-order valence-corrected chi connectivity index (χ4v) is 2.60. The molecule has 0 fully saturated rings. The first-order chi connectivity index (χ1) is 11.8. The van der Waals surface area contributed by atoms with Gasteiger partial charge in [-0.05, 0) is 49.6 Å². The Balaban J connectivity index is 2.03. The molecule has 0 unspecified atom stereocenters. The number of ether oxygens (including phenoxy) is 1. The normalized spacial score (nSPS) is 11.7. The molecule has 0 radical (unpaired) electrons.